The Bertz CT molecular complexity index is 1040. The second-order valence-corrected chi connectivity index (χ2v) is 5.65. The molecule has 4 rings (SSSR count). The predicted octanol–water partition coefficient (Wildman–Crippen LogP) is 3.09. The van der Waals surface area contributed by atoms with Crippen LogP contribution in [0.5, 0.6) is 0 Å². The highest BCUT2D eigenvalue weighted by molar-refractivity contribution is 5.63. The Morgan fingerprint density at radius 1 is 0.962 bits per heavy atom. The molecule has 2 heterocycles. The van der Waals surface area contributed by atoms with Gasteiger partial charge in [0.1, 0.15) is 12.9 Å². The summed E-state index contributed by atoms with van der Waals surface area (Å²) in [6.45, 7) is 0.460. The molecule has 0 bridgehead atoms. The maximum absolute atomic E-state index is 10.8. The van der Waals surface area contributed by atoms with E-state index in [0.29, 0.717) is 6.54 Å². The average molecular weight is 346 g/mol. The average Bonchev–Trinajstić information content (AvgIpc) is 3.32. The summed E-state index contributed by atoms with van der Waals surface area (Å²) >= 11 is 0. The first-order chi connectivity index (χ1) is 12.7. The number of benzene rings is 2. The fourth-order valence-corrected chi connectivity index (χ4v) is 2.68. The van der Waals surface area contributed by atoms with Gasteiger partial charge in [-0.05, 0) is 29.8 Å². The number of nitro groups is 1. The Balaban J connectivity index is 1.56. The Morgan fingerprint density at radius 2 is 1.73 bits per heavy atom. The molecule has 0 radical (unpaired) electrons. The van der Waals surface area contributed by atoms with Gasteiger partial charge in [0.2, 0.25) is 0 Å². The summed E-state index contributed by atoms with van der Waals surface area (Å²) in [4.78, 5) is 14.7. The highest BCUT2D eigenvalue weighted by Gasteiger charge is 2.10. The molecule has 0 amide bonds. The monoisotopic (exact) mass is 346 g/mol. The van der Waals surface area contributed by atoms with E-state index in [9.17, 15) is 10.1 Å². The van der Waals surface area contributed by atoms with Crippen molar-refractivity contribution in [1.29, 1.82) is 0 Å². The number of para-hydroxylation sites is 1. The van der Waals surface area contributed by atoms with Crippen molar-refractivity contribution < 1.29 is 4.92 Å². The van der Waals surface area contributed by atoms with Crippen molar-refractivity contribution in [2.24, 2.45) is 0 Å². The van der Waals surface area contributed by atoms with Gasteiger partial charge in [0.25, 0.3) is 5.69 Å². The fourth-order valence-electron chi connectivity index (χ4n) is 2.68. The first-order valence-electron chi connectivity index (χ1n) is 7.92. The molecule has 0 fully saturated rings. The molecule has 8 heteroatoms. The summed E-state index contributed by atoms with van der Waals surface area (Å²) in [6, 6.07) is 16.2. The van der Waals surface area contributed by atoms with Crippen LogP contribution in [0.4, 0.5) is 5.69 Å². The Kier molecular flexibility index (Phi) is 3.98. The molecule has 8 nitrogen and oxygen atoms in total. The molecule has 0 saturated carbocycles. The van der Waals surface area contributed by atoms with E-state index in [4.69, 9.17) is 0 Å². The summed E-state index contributed by atoms with van der Waals surface area (Å²) in [6.07, 6.45) is 5.12. The van der Waals surface area contributed by atoms with Gasteiger partial charge >= 0.3 is 0 Å². The van der Waals surface area contributed by atoms with E-state index < -0.39 is 4.92 Å². The second kappa shape index (κ2) is 6.60. The first kappa shape index (κ1) is 15.7. The fraction of sp³-hybridized carbons (Fsp3) is 0.0556. The van der Waals surface area contributed by atoms with Gasteiger partial charge in [-0.1, -0.05) is 18.2 Å². The standard InChI is InChI=1S/C18H14N6O2/c25-24(26)17-8-6-14(7-9-17)15-10-20-22(11-15)12-18-19-13-21-23(18)16-4-2-1-3-5-16/h1-11,13H,12H2. The van der Waals surface area contributed by atoms with Gasteiger partial charge in [0.15, 0.2) is 5.82 Å². The van der Waals surface area contributed by atoms with E-state index in [1.807, 2.05) is 36.5 Å². The third-order valence-electron chi connectivity index (χ3n) is 3.97. The lowest BCUT2D eigenvalue weighted by Crippen LogP contribution is -2.08. The zero-order valence-corrected chi connectivity index (χ0v) is 13.6. The van der Waals surface area contributed by atoms with Gasteiger partial charge in [0, 0.05) is 23.9 Å². The predicted molar refractivity (Wildman–Crippen MR) is 94.8 cm³/mol. The Hall–Kier alpha value is -3.81. The van der Waals surface area contributed by atoms with Crippen molar-refractivity contribution in [1.82, 2.24) is 24.5 Å². The van der Waals surface area contributed by atoms with E-state index >= 15 is 0 Å². The van der Waals surface area contributed by atoms with Crippen LogP contribution in [-0.4, -0.2) is 29.5 Å². The van der Waals surface area contributed by atoms with Crippen LogP contribution in [0.2, 0.25) is 0 Å². The van der Waals surface area contributed by atoms with Crippen molar-refractivity contribution in [3.8, 4) is 16.8 Å². The minimum atomic E-state index is -0.413. The second-order valence-electron chi connectivity index (χ2n) is 5.65. The van der Waals surface area contributed by atoms with E-state index in [2.05, 4.69) is 15.2 Å². The normalized spacial score (nSPS) is 10.8. The van der Waals surface area contributed by atoms with Crippen LogP contribution in [0.15, 0.2) is 73.3 Å². The smallest absolute Gasteiger partial charge is 0.264 e. The molecule has 0 atom stereocenters. The molecule has 0 aliphatic heterocycles. The molecule has 0 aliphatic rings. The van der Waals surface area contributed by atoms with Gasteiger partial charge < -0.3 is 0 Å². The van der Waals surface area contributed by atoms with Crippen LogP contribution in [0.1, 0.15) is 5.82 Å². The highest BCUT2D eigenvalue weighted by Crippen LogP contribution is 2.22. The SMILES string of the molecule is O=[N+]([O-])c1ccc(-c2cnn(Cc3ncnn3-c3ccccc3)c2)cc1. The van der Waals surface area contributed by atoms with Gasteiger partial charge in [-0.25, -0.2) is 9.67 Å². The summed E-state index contributed by atoms with van der Waals surface area (Å²) < 4.78 is 3.54. The summed E-state index contributed by atoms with van der Waals surface area (Å²) in [5.41, 5.74) is 2.75. The van der Waals surface area contributed by atoms with Crippen molar-refractivity contribution in [2.75, 3.05) is 0 Å². The largest absolute Gasteiger partial charge is 0.269 e. The van der Waals surface area contributed by atoms with Crippen LogP contribution >= 0.6 is 0 Å². The van der Waals surface area contributed by atoms with Crippen molar-refractivity contribution in [3.63, 3.8) is 0 Å². The number of non-ortho nitro benzene ring substituents is 1. The lowest BCUT2D eigenvalue weighted by molar-refractivity contribution is -0.384. The van der Waals surface area contributed by atoms with Crippen LogP contribution in [0.3, 0.4) is 0 Å². The molecular formula is C18H14N6O2. The molecular weight excluding hydrogens is 332 g/mol. The summed E-state index contributed by atoms with van der Waals surface area (Å²) in [7, 11) is 0. The van der Waals surface area contributed by atoms with E-state index in [1.54, 1.807) is 27.7 Å². The van der Waals surface area contributed by atoms with Crippen molar-refractivity contribution in [3.05, 3.63) is 89.3 Å². The molecule has 0 unspecified atom stereocenters. The zero-order chi connectivity index (χ0) is 17.9. The number of hydrogen-bond acceptors (Lipinski definition) is 5. The molecule has 0 spiro atoms. The number of hydrogen-bond donors (Lipinski definition) is 0. The van der Waals surface area contributed by atoms with Crippen LogP contribution in [0, 0.1) is 10.1 Å². The molecule has 128 valence electrons. The third-order valence-corrected chi connectivity index (χ3v) is 3.97. The first-order valence-corrected chi connectivity index (χ1v) is 7.92. The quantitative estimate of drug-likeness (QED) is 0.409. The van der Waals surface area contributed by atoms with Crippen molar-refractivity contribution >= 4 is 5.69 Å². The number of rotatable bonds is 5. The van der Waals surface area contributed by atoms with Crippen LogP contribution < -0.4 is 0 Å². The molecule has 0 N–H and O–H groups in total. The van der Waals surface area contributed by atoms with Crippen LogP contribution in [0.25, 0.3) is 16.8 Å². The molecule has 0 aliphatic carbocycles. The van der Waals surface area contributed by atoms with Gasteiger partial charge in [-0.2, -0.15) is 10.2 Å². The lowest BCUT2D eigenvalue weighted by Gasteiger charge is -2.05. The topological polar surface area (TPSA) is 91.7 Å². The molecule has 2 aromatic carbocycles. The molecule has 4 aromatic rings. The number of nitro benzene ring substituents is 1. The van der Waals surface area contributed by atoms with E-state index in [1.165, 1.54) is 18.5 Å². The lowest BCUT2D eigenvalue weighted by atomic mass is 10.1. The highest BCUT2D eigenvalue weighted by atomic mass is 16.6. The molecule has 0 saturated heterocycles. The molecule has 26 heavy (non-hydrogen) atoms. The van der Waals surface area contributed by atoms with E-state index in [0.717, 1.165) is 22.6 Å². The number of nitrogens with zero attached hydrogens (tertiary/aromatic N) is 6. The maximum atomic E-state index is 10.8. The summed E-state index contributed by atoms with van der Waals surface area (Å²) in [5, 5.41) is 19.4. The van der Waals surface area contributed by atoms with Crippen molar-refractivity contribution in [2.45, 2.75) is 6.54 Å². The van der Waals surface area contributed by atoms with Gasteiger partial charge in [0.05, 0.1) is 16.8 Å². The minimum Gasteiger partial charge on any atom is -0.264 e. The van der Waals surface area contributed by atoms with Gasteiger partial charge in [-0.15, -0.1) is 0 Å². The van der Waals surface area contributed by atoms with Crippen LogP contribution in [-0.2, 0) is 6.54 Å². The van der Waals surface area contributed by atoms with Gasteiger partial charge in [-0.3, -0.25) is 14.8 Å². The minimum absolute atomic E-state index is 0.0668. The Labute approximate surface area is 148 Å². The summed E-state index contributed by atoms with van der Waals surface area (Å²) in [5.74, 6) is 0.759. The van der Waals surface area contributed by atoms with E-state index in [-0.39, 0.29) is 5.69 Å². The number of aromatic nitrogens is 5. The molecule has 2 aromatic heterocycles. The maximum Gasteiger partial charge on any atom is 0.269 e. The third kappa shape index (κ3) is 3.07. The zero-order valence-electron chi connectivity index (χ0n) is 13.6. The Morgan fingerprint density at radius 3 is 2.46 bits per heavy atom.